The summed E-state index contributed by atoms with van der Waals surface area (Å²) in [6, 6.07) is 14.9. The van der Waals surface area contributed by atoms with Gasteiger partial charge in [0.2, 0.25) is 0 Å². The van der Waals surface area contributed by atoms with Crippen molar-refractivity contribution in [3.8, 4) is 10.6 Å². The lowest BCUT2D eigenvalue weighted by molar-refractivity contribution is -0.141. The molecule has 1 aromatic heterocycles. The topological polar surface area (TPSA) is 80.3 Å². The summed E-state index contributed by atoms with van der Waals surface area (Å²) in [6.45, 7) is 1.84. The Kier molecular flexibility index (Phi) is 5.25. The summed E-state index contributed by atoms with van der Waals surface area (Å²) in [7, 11) is 0. The molecular formula is C18H17N3O3S. The van der Waals surface area contributed by atoms with Gasteiger partial charge < -0.3 is 15.4 Å². The number of aromatic nitrogens is 1. The number of rotatable bonds is 5. The van der Waals surface area contributed by atoms with Crippen molar-refractivity contribution in [3.63, 3.8) is 0 Å². The third-order valence-corrected chi connectivity index (χ3v) is 4.47. The van der Waals surface area contributed by atoms with E-state index in [1.807, 2.05) is 36.4 Å². The molecule has 7 heteroatoms. The summed E-state index contributed by atoms with van der Waals surface area (Å²) in [6.07, 6.45) is 0. The molecule has 0 unspecified atom stereocenters. The zero-order chi connectivity index (χ0) is 17.6. The van der Waals surface area contributed by atoms with Gasteiger partial charge in [0.05, 0.1) is 16.8 Å². The molecule has 2 aromatic carbocycles. The number of nitrogens with one attached hydrogen (secondary N) is 2. The second-order valence-electron chi connectivity index (χ2n) is 5.18. The Bertz CT molecular complexity index is 857. The molecule has 0 saturated heterocycles. The number of anilines is 1. The molecule has 25 heavy (non-hydrogen) atoms. The Morgan fingerprint density at radius 3 is 2.60 bits per heavy atom. The van der Waals surface area contributed by atoms with Crippen molar-refractivity contribution in [3.05, 3.63) is 48.5 Å². The van der Waals surface area contributed by atoms with Crippen molar-refractivity contribution in [2.75, 3.05) is 18.5 Å². The Hall–Kier alpha value is -2.93. The minimum absolute atomic E-state index is 0.163. The van der Waals surface area contributed by atoms with Crippen LogP contribution in [-0.2, 0) is 9.53 Å². The lowest BCUT2D eigenvalue weighted by atomic mass is 10.2. The first-order chi connectivity index (χ1) is 12.2. The summed E-state index contributed by atoms with van der Waals surface area (Å²) in [5.41, 5.74) is 2.59. The first-order valence-electron chi connectivity index (χ1n) is 7.82. The number of nitrogens with zero attached hydrogens (tertiary/aromatic N) is 1. The van der Waals surface area contributed by atoms with Gasteiger partial charge in [-0.05, 0) is 43.3 Å². The summed E-state index contributed by atoms with van der Waals surface area (Å²) in [5.74, 6) is -0.469. The van der Waals surface area contributed by atoms with Gasteiger partial charge in [0.1, 0.15) is 11.6 Å². The Balaban J connectivity index is 1.62. The fourth-order valence-electron chi connectivity index (χ4n) is 2.23. The van der Waals surface area contributed by atoms with Gasteiger partial charge in [-0.1, -0.05) is 12.1 Å². The monoisotopic (exact) mass is 355 g/mol. The molecule has 0 saturated carbocycles. The van der Waals surface area contributed by atoms with Gasteiger partial charge in [0.15, 0.2) is 0 Å². The predicted octanol–water partition coefficient (Wildman–Crippen LogP) is 3.65. The maximum absolute atomic E-state index is 11.8. The number of hydrogen-bond donors (Lipinski definition) is 2. The lowest BCUT2D eigenvalue weighted by Gasteiger charge is -2.07. The third kappa shape index (κ3) is 4.33. The van der Waals surface area contributed by atoms with E-state index in [1.54, 1.807) is 30.4 Å². The number of hydrogen-bond acceptors (Lipinski definition) is 5. The van der Waals surface area contributed by atoms with Crippen LogP contribution in [0.5, 0.6) is 0 Å². The molecule has 0 fully saturated rings. The first-order valence-corrected chi connectivity index (χ1v) is 8.64. The number of carbonyl (C=O) groups excluding carboxylic acids is 2. The smallest absolute Gasteiger partial charge is 0.325 e. The normalized spacial score (nSPS) is 10.4. The van der Waals surface area contributed by atoms with Crippen LogP contribution in [0, 0.1) is 0 Å². The van der Waals surface area contributed by atoms with Crippen LogP contribution in [0.1, 0.15) is 6.92 Å². The van der Waals surface area contributed by atoms with Crippen molar-refractivity contribution in [1.82, 2.24) is 10.3 Å². The summed E-state index contributed by atoms with van der Waals surface area (Å²) in [4.78, 5) is 27.6. The van der Waals surface area contributed by atoms with Crippen molar-refractivity contribution in [2.45, 2.75) is 6.92 Å². The highest BCUT2D eigenvalue weighted by atomic mass is 32.1. The van der Waals surface area contributed by atoms with Gasteiger partial charge in [-0.2, -0.15) is 0 Å². The van der Waals surface area contributed by atoms with E-state index in [0.29, 0.717) is 5.69 Å². The molecule has 0 aliphatic rings. The molecule has 128 valence electrons. The number of amides is 2. The highest BCUT2D eigenvalue weighted by molar-refractivity contribution is 7.21. The zero-order valence-corrected chi connectivity index (χ0v) is 14.4. The maximum atomic E-state index is 11.8. The average Bonchev–Trinajstić information content (AvgIpc) is 3.05. The minimum Gasteiger partial charge on any atom is -0.465 e. The number of thiazole rings is 1. The van der Waals surface area contributed by atoms with Crippen LogP contribution >= 0.6 is 11.3 Å². The quantitative estimate of drug-likeness (QED) is 0.685. The highest BCUT2D eigenvalue weighted by Gasteiger charge is 2.08. The number of carbonyl (C=O) groups is 2. The first kappa shape index (κ1) is 16.9. The third-order valence-electron chi connectivity index (χ3n) is 3.38. The molecule has 1 heterocycles. The predicted molar refractivity (Wildman–Crippen MR) is 98.7 cm³/mol. The largest absolute Gasteiger partial charge is 0.465 e. The highest BCUT2D eigenvalue weighted by Crippen LogP contribution is 2.30. The van der Waals surface area contributed by atoms with Crippen molar-refractivity contribution in [2.24, 2.45) is 0 Å². The van der Waals surface area contributed by atoms with Crippen LogP contribution in [0.15, 0.2) is 48.5 Å². The van der Waals surface area contributed by atoms with Crippen LogP contribution in [0.25, 0.3) is 20.8 Å². The number of ether oxygens (including phenoxy) is 1. The van der Waals surface area contributed by atoms with E-state index >= 15 is 0 Å². The number of para-hydroxylation sites is 1. The number of benzene rings is 2. The molecule has 0 atom stereocenters. The molecular weight excluding hydrogens is 338 g/mol. The second kappa shape index (κ2) is 7.76. The van der Waals surface area contributed by atoms with Gasteiger partial charge in [0, 0.05) is 11.3 Å². The Morgan fingerprint density at radius 2 is 1.88 bits per heavy atom. The molecule has 3 aromatic rings. The molecule has 0 spiro atoms. The van der Waals surface area contributed by atoms with Crippen LogP contribution < -0.4 is 10.6 Å². The van der Waals surface area contributed by atoms with E-state index in [4.69, 9.17) is 4.74 Å². The van der Waals surface area contributed by atoms with Gasteiger partial charge in [-0.15, -0.1) is 11.3 Å². The Labute approximate surface area is 148 Å². The average molecular weight is 355 g/mol. The van der Waals surface area contributed by atoms with E-state index in [0.717, 1.165) is 20.8 Å². The van der Waals surface area contributed by atoms with Crippen molar-refractivity contribution >= 4 is 39.2 Å². The van der Waals surface area contributed by atoms with Crippen molar-refractivity contribution < 1.29 is 14.3 Å². The van der Waals surface area contributed by atoms with E-state index in [1.165, 1.54) is 0 Å². The number of urea groups is 1. The maximum Gasteiger partial charge on any atom is 0.325 e. The molecule has 2 amide bonds. The van der Waals surface area contributed by atoms with Gasteiger partial charge in [0.25, 0.3) is 0 Å². The zero-order valence-electron chi connectivity index (χ0n) is 13.6. The van der Waals surface area contributed by atoms with E-state index in [2.05, 4.69) is 15.6 Å². The fraction of sp³-hybridized carbons (Fsp3) is 0.167. The molecule has 6 nitrogen and oxygen atoms in total. The molecule has 0 radical (unpaired) electrons. The van der Waals surface area contributed by atoms with Crippen LogP contribution in [0.2, 0.25) is 0 Å². The summed E-state index contributed by atoms with van der Waals surface area (Å²) >= 11 is 1.62. The van der Waals surface area contributed by atoms with E-state index in [9.17, 15) is 9.59 Å². The molecule has 0 aliphatic carbocycles. The van der Waals surface area contributed by atoms with E-state index < -0.39 is 12.0 Å². The van der Waals surface area contributed by atoms with Gasteiger partial charge >= 0.3 is 12.0 Å². The van der Waals surface area contributed by atoms with Crippen LogP contribution in [-0.4, -0.2) is 30.1 Å². The Morgan fingerprint density at radius 1 is 1.12 bits per heavy atom. The second-order valence-corrected chi connectivity index (χ2v) is 6.21. The SMILES string of the molecule is CCOC(=O)CNC(=O)Nc1ccc(-c2nc3ccccc3s2)cc1. The number of esters is 1. The molecule has 0 aliphatic heterocycles. The van der Waals surface area contributed by atoms with Crippen molar-refractivity contribution in [1.29, 1.82) is 0 Å². The number of fused-ring (bicyclic) bond motifs is 1. The standard InChI is InChI=1S/C18H17N3O3S/c1-2-24-16(22)11-19-18(23)20-13-9-7-12(8-10-13)17-21-14-5-3-4-6-15(14)25-17/h3-10H,2,11H2,1H3,(H2,19,20,23). The minimum atomic E-state index is -0.469. The van der Waals surface area contributed by atoms with Crippen LogP contribution in [0.3, 0.4) is 0 Å². The van der Waals surface area contributed by atoms with Crippen LogP contribution in [0.4, 0.5) is 10.5 Å². The fourth-order valence-corrected chi connectivity index (χ4v) is 3.20. The van der Waals surface area contributed by atoms with Gasteiger partial charge in [-0.25, -0.2) is 9.78 Å². The summed E-state index contributed by atoms with van der Waals surface area (Å²) < 4.78 is 5.88. The lowest BCUT2D eigenvalue weighted by Crippen LogP contribution is -2.34. The molecule has 0 bridgehead atoms. The molecule has 3 rings (SSSR count). The van der Waals surface area contributed by atoms with E-state index in [-0.39, 0.29) is 13.2 Å². The molecule has 2 N–H and O–H groups in total. The van der Waals surface area contributed by atoms with Gasteiger partial charge in [-0.3, -0.25) is 4.79 Å². The summed E-state index contributed by atoms with van der Waals surface area (Å²) in [5, 5.41) is 6.04.